The number of halogens is 1. The Morgan fingerprint density at radius 1 is 1.54 bits per heavy atom. The van der Waals surface area contributed by atoms with Crippen LogP contribution in [0.15, 0.2) is 16.6 Å². The molecule has 0 radical (unpaired) electrons. The summed E-state index contributed by atoms with van der Waals surface area (Å²) in [4.78, 5) is 10.7. The average molecular weight is 243 g/mol. The van der Waals surface area contributed by atoms with Crippen LogP contribution in [-0.2, 0) is 0 Å². The van der Waals surface area contributed by atoms with E-state index >= 15 is 0 Å². The molecular weight excluding hydrogens is 232 g/mol. The first-order valence-electron chi connectivity index (χ1n) is 4.07. The minimum Gasteiger partial charge on any atom is -0.493 e. The molecule has 0 aliphatic rings. The van der Waals surface area contributed by atoms with Gasteiger partial charge in [0.2, 0.25) is 0 Å². The Morgan fingerprint density at radius 3 is 2.77 bits per heavy atom. The molecule has 2 nitrogen and oxygen atoms in total. The summed E-state index contributed by atoms with van der Waals surface area (Å²) >= 11 is 3.38. The Labute approximate surface area is 86.0 Å². The summed E-state index contributed by atoms with van der Waals surface area (Å²) in [7, 11) is 0. The first-order valence-corrected chi connectivity index (χ1v) is 4.86. The Hall–Kier alpha value is -0.830. The molecule has 0 aliphatic heterocycles. The lowest BCUT2D eigenvalue weighted by Crippen LogP contribution is -1.96. The second kappa shape index (κ2) is 4.42. The van der Waals surface area contributed by atoms with E-state index in [0.717, 1.165) is 16.3 Å². The van der Waals surface area contributed by atoms with E-state index in [1.54, 1.807) is 0 Å². The molecule has 1 aromatic rings. The van der Waals surface area contributed by atoms with Crippen molar-refractivity contribution < 1.29 is 9.53 Å². The average Bonchev–Trinajstić information content (AvgIpc) is 2.11. The third kappa shape index (κ3) is 2.31. The van der Waals surface area contributed by atoms with Gasteiger partial charge in [-0.1, -0.05) is 15.9 Å². The molecule has 0 unspecified atom stereocenters. The van der Waals surface area contributed by atoms with Gasteiger partial charge in [0.05, 0.1) is 12.2 Å². The minimum atomic E-state index is 0.566. The van der Waals surface area contributed by atoms with Crippen LogP contribution >= 0.6 is 15.9 Å². The second-order valence-corrected chi connectivity index (χ2v) is 3.54. The standard InChI is InChI=1S/C10H11BrO2/c1-3-13-10-5-9(11)7(2)4-8(10)6-12/h4-6H,3H2,1-2H3. The van der Waals surface area contributed by atoms with Gasteiger partial charge < -0.3 is 4.74 Å². The molecule has 0 heterocycles. The first-order chi connectivity index (χ1) is 6.19. The van der Waals surface area contributed by atoms with E-state index in [9.17, 15) is 4.79 Å². The van der Waals surface area contributed by atoms with Gasteiger partial charge in [0.25, 0.3) is 0 Å². The number of carbonyl (C=O) groups is 1. The summed E-state index contributed by atoms with van der Waals surface area (Å²) < 4.78 is 6.26. The molecule has 70 valence electrons. The Morgan fingerprint density at radius 2 is 2.23 bits per heavy atom. The fraction of sp³-hybridized carbons (Fsp3) is 0.300. The lowest BCUT2D eigenvalue weighted by Gasteiger charge is -2.08. The molecule has 0 N–H and O–H groups in total. The van der Waals surface area contributed by atoms with Crippen LogP contribution in [0.5, 0.6) is 5.75 Å². The van der Waals surface area contributed by atoms with Crippen molar-refractivity contribution >= 4 is 22.2 Å². The van der Waals surface area contributed by atoms with Gasteiger partial charge in [0.15, 0.2) is 6.29 Å². The molecule has 0 saturated heterocycles. The number of carbonyl (C=O) groups excluding carboxylic acids is 1. The highest BCUT2D eigenvalue weighted by Crippen LogP contribution is 2.26. The van der Waals surface area contributed by atoms with Gasteiger partial charge in [-0.3, -0.25) is 4.79 Å². The fourth-order valence-electron chi connectivity index (χ4n) is 1.06. The number of aldehydes is 1. The van der Waals surface area contributed by atoms with Crippen LogP contribution in [0.25, 0.3) is 0 Å². The van der Waals surface area contributed by atoms with Crippen LogP contribution in [-0.4, -0.2) is 12.9 Å². The van der Waals surface area contributed by atoms with Crippen molar-refractivity contribution in [2.45, 2.75) is 13.8 Å². The quantitative estimate of drug-likeness (QED) is 0.763. The van der Waals surface area contributed by atoms with Crippen LogP contribution in [0, 0.1) is 6.92 Å². The van der Waals surface area contributed by atoms with E-state index in [4.69, 9.17) is 4.74 Å². The van der Waals surface area contributed by atoms with Crippen LogP contribution < -0.4 is 4.74 Å². The Balaban J connectivity index is 3.16. The molecule has 0 amide bonds. The van der Waals surface area contributed by atoms with Crippen molar-refractivity contribution in [1.29, 1.82) is 0 Å². The van der Waals surface area contributed by atoms with E-state index in [-0.39, 0.29) is 0 Å². The van der Waals surface area contributed by atoms with Crippen molar-refractivity contribution in [3.05, 3.63) is 27.7 Å². The number of aryl methyl sites for hydroxylation is 1. The third-order valence-corrected chi connectivity index (χ3v) is 2.57. The summed E-state index contributed by atoms with van der Waals surface area (Å²) in [6.07, 6.45) is 0.810. The van der Waals surface area contributed by atoms with Gasteiger partial charge in [-0.2, -0.15) is 0 Å². The molecule has 0 saturated carbocycles. The lowest BCUT2D eigenvalue weighted by molar-refractivity contribution is 0.111. The van der Waals surface area contributed by atoms with Crippen LogP contribution in [0.3, 0.4) is 0 Å². The van der Waals surface area contributed by atoms with Crippen LogP contribution in [0.1, 0.15) is 22.8 Å². The molecule has 1 aromatic carbocycles. The summed E-state index contributed by atoms with van der Waals surface area (Å²) in [6.45, 7) is 4.39. The highest BCUT2D eigenvalue weighted by Gasteiger charge is 2.05. The zero-order valence-electron chi connectivity index (χ0n) is 7.63. The molecule has 0 fully saturated rings. The van der Waals surface area contributed by atoms with E-state index in [0.29, 0.717) is 17.9 Å². The number of rotatable bonds is 3. The molecule has 13 heavy (non-hydrogen) atoms. The molecule has 0 atom stereocenters. The smallest absolute Gasteiger partial charge is 0.153 e. The van der Waals surface area contributed by atoms with Crippen molar-refractivity contribution in [3.8, 4) is 5.75 Å². The maximum absolute atomic E-state index is 10.7. The zero-order valence-corrected chi connectivity index (χ0v) is 9.22. The van der Waals surface area contributed by atoms with Crippen LogP contribution in [0.2, 0.25) is 0 Å². The topological polar surface area (TPSA) is 26.3 Å². The lowest BCUT2D eigenvalue weighted by atomic mass is 10.1. The fourth-order valence-corrected chi connectivity index (χ4v) is 1.38. The molecular formula is C10H11BrO2. The van der Waals surface area contributed by atoms with Gasteiger partial charge in [0.1, 0.15) is 5.75 Å². The van der Waals surface area contributed by atoms with Crippen molar-refractivity contribution in [1.82, 2.24) is 0 Å². The summed E-state index contributed by atoms with van der Waals surface area (Å²) in [5, 5.41) is 0. The van der Waals surface area contributed by atoms with Gasteiger partial charge >= 0.3 is 0 Å². The predicted molar refractivity (Wildman–Crippen MR) is 55.4 cm³/mol. The van der Waals surface area contributed by atoms with E-state index in [2.05, 4.69) is 15.9 Å². The molecule has 0 aromatic heterocycles. The maximum atomic E-state index is 10.7. The van der Waals surface area contributed by atoms with Gasteiger partial charge in [-0.25, -0.2) is 0 Å². The molecule has 0 bridgehead atoms. The summed E-state index contributed by atoms with van der Waals surface area (Å²) in [5.41, 5.74) is 1.63. The maximum Gasteiger partial charge on any atom is 0.153 e. The normalized spacial score (nSPS) is 9.77. The Bertz CT molecular complexity index is 321. The highest BCUT2D eigenvalue weighted by molar-refractivity contribution is 9.10. The number of hydrogen-bond acceptors (Lipinski definition) is 2. The van der Waals surface area contributed by atoms with Gasteiger partial charge in [-0.05, 0) is 31.5 Å². The van der Waals surface area contributed by atoms with E-state index in [1.165, 1.54) is 0 Å². The predicted octanol–water partition coefficient (Wildman–Crippen LogP) is 2.97. The monoisotopic (exact) mass is 242 g/mol. The van der Waals surface area contributed by atoms with Crippen LogP contribution in [0.4, 0.5) is 0 Å². The summed E-state index contributed by atoms with van der Waals surface area (Å²) in [5.74, 6) is 0.634. The highest BCUT2D eigenvalue weighted by atomic mass is 79.9. The first kappa shape index (κ1) is 10.3. The molecule has 1 rings (SSSR count). The largest absolute Gasteiger partial charge is 0.493 e. The molecule has 3 heteroatoms. The van der Waals surface area contributed by atoms with E-state index < -0.39 is 0 Å². The third-order valence-electron chi connectivity index (χ3n) is 1.72. The van der Waals surface area contributed by atoms with Gasteiger partial charge in [0, 0.05) is 4.47 Å². The van der Waals surface area contributed by atoms with Crippen molar-refractivity contribution in [2.75, 3.05) is 6.61 Å². The van der Waals surface area contributed by atoms with Crippen molar-refractivity contribution in [3.63, 3.8) is 0 Å². The number of hydrogen-bond donors (Lipinski definition) is 0. The minimum absolute atomic E-state index is 0.566. The van der Waals surface area contributed by atoms with E-state index in [1.807, 2.05) is 26.0 Å². The number of benzene rings is 1. The SMILES string of the molecule is CCOc1cc(Br)c(C)cc1C=O. The molecule has 0 spiro atoms. The zero-order chi connectivity index (χ0) is 9.84. The van der Waals surface area contributed by atoms with Gasteiger partial charge in [-0.15, -0.1) is 0 Å². The second-order valence-electron chi connectivity index (χ2n) is 2.69. The van der Waals surface area contributed by atoms with Crippen molar-refractivity contribution in [2.24, 2.45) is 0 Å². The molecule has 0 aliphatic carbocycles. The number of ether oxygens (including phenoxy) is 1. The Kier molecular flexibility index (Phi) is 3.48. The summed E-state index contributed by atoms with van der Waals surface area (Å²) in [6, 6.07) is 3.63.